The molecule has 0 atom stereocenters. The Hall–Kier alpha value is -2.77. The number of anilines is 1. The number of hydrogen-bond acceptors (Lipinski definition) is 7. The van der Waals surface area contributed by atoms with Crippen LogP contribution in [0.25, 0.3) is 0 Å². The molecule has 0 N–H and O–H groups in total. The lowest BCUT2D eigenvalue weighted by Crippen LogP contribution is -2.39. The van der Waals surface area contributed by atoms with Crippen LogP contribution in [-0.4, -0.2) is 39.5 Å². The average Bonchev–Trinajstić information content (AvgIpc) is 2.74. The van der Waals surface area contributed by atoms with Crippen LogP contribution >= 0.6 is 11.8 Å². The fourth-order valence-electron chi connectivity index (χ4n) is 3.13. The number of para-hydroxylation sites is 1. The molecule has 0 radical (unpaired) electrons. The van der Waals surface area contributed by atoms with Gasteiger partial charge in [-0.1, -0.05) is 41.6 Å². The van der Waals surface area contributed by atoms with E-state index < -0.39 is 11.9 Å². The van der Waals surface area contributed by atoms with Gasteiger partial charge in [-0.25, -0.2) is 9.59 Å². The van der Waals surface area contributed by atoms with E-state index in [0.29, 0.717) is 0 Å². The Morgan fingerprint density at radius 2 is 1.72 bits per heavy atom. The molecule has 0 spiro atoms. The molecule has 1 aliphatic heterocycles. The number of aryl methyl sites for hydroxylation is 2. The lowest BCUT2D eigenvalue weighted by molar-refractivity contribution is -0.140. The zero-order valence-electron chi connectivity index (χ0n) is 16.9. The summed E-state index contributed by atoms with van der Waals surface area (Å²) in [6.07, 6.45) is 0. The van der Waals surface area contributed by atoms with E-state index >= 15 is 0 Å². The summed E-state index contributed by atoms with van der Waals surface area (Å²) in [4.78, 5) is 28.5. The van der Waals surface area contributed by atoms with Crippen LogP contribution in [0.15, 0.2) is 63.5 Å². The summed E-state index contributed by atoms with van der Waals surface area (Å²) >= 11 is 1.59. The van der Waals surface area contributed by atoms with Crippen molar-refractivity contribution < 1.29 is 23.8 Å². The van der Waals surface area contributed by atoms with Gasteiger partial charge in [-0.3, -0.25) is 0 Å². The number of hydrogen-bond donors (Lipinski definition) is 0. The number of ether oxygens (including phenoxy) is 3. The number of esters is 2. The van der Waals surface area contributed by atoms with Gasteiger partial charge in [-0.05, 0) is 37.6 Å². The van der Waals surface area contributed by atoms with Gasteiger partial charge < -0.3 is 19.1 Å². The van der Waals surface area contributed by atoms with Crippen molar-refractivity contribution in [1.82, 2.24) is 0 Å². The Morgan fingerprint density at radius 3 is 2.41 bits per heavy atom. The molecule has 3 rings (SSSR count). The average molecular weight is 413 g/mol. The topological polar surface area (TPSA) is 65.1 Å². The molecule has 0 fully saturated rings. The molecular formula is C22H23NO5S. The largest absolute Gasteiger partial charge is 0.466 e. The second-order valence-electron chi connectivity index (χ2n) is 6.55. The van der Waals surface area contributed by atoms with Crippen LogP contribution in [0.1, 0.15) is 11.1 Å². The summed E-state index contributed by atoms with van der Waals surface area (Å²) in [5.41, 5.74) is 3.39. The van der Waals surface area contributed by atoms with Gasteiger partial charge in [-0.2, -0.15) is 0 Å². The second-order valence-corrected chi connectivity index (χ2v) is 7.64. The monoisotopic (exact) mass is 413 g/mol. The Labute approximate surface area is 174 Å². The molecule has 0 bridgehead atoms. The van der Waals surface area contributed by atoms with Crippen molar-refractivity contribution in [2.24, 2.45) is 0 Å². The molecule has 152 valence electrons. The van der Waals surface area contributed by atoms with Crippen LogP contribution in [0.2, 0.25) is 0 Å². The summed E-state index contributed by atoms with van der Waals surface area (Å²) < 4.78 is 15.4. The number of methoxy groups -OCH3 is 2. The van der Waals surface area contributed by atoms with Gasteiger partial charge in [0.05, 0.1) is 32.1 Å². The number of carbonyl (C=O) groups is 2. The van der Waals surface area contributed by atoms with E-state index in [4.69, 9.17) is 14.2 Å². The Balaban J connectivity index is 2.07. The van der Waals surface area contributed by atoms with Crippen LogP contribution in [0.4, 0.5) is 5.69 Å². The molecule has 1 heterocycles. The van der Waals surface area contributed by atoms with Gasteiger partial charge in [0.15, 0.2) is 0 Å². The Bertz CT molecular complexity index is 969. The molecule has 0 aliphatic carbocycles. The fourth-order valence-corrected chi connectivity index (χ4v) is 4.15. The molecule has 29 heavy (non-hydrogen) atoms. The molecule has 2 aromatic carbocycles. The maximum absolute atomic E-state index is 12.6. The lowest BCUT2D eigenvalue weighted by atomic mass is 10.1. The van der Waals surface area contributed by atoms with Crippen LogP contribution in [-0.2, 0) is 23.8 Å². The van der Waals surface area contributed by atoms with Gasteiger partial charge in [-0.15, -0.1) is 0 Å². The molecule has 1 aliphatic rings. The van der Waals surface area contributed by atoms with Crippen molar-refractivity contribution in [3.8, 4) is 0 Å². The van der Waals surface area contributed by atoms with Gasteiger partial charge in [0, 0.05) is 9.79 Å². The molecule has 0 saturated heterocycles. The van der Waals surface area contributed by atoms with E-state index in [9.17, 15) is 9.59 Å². The van der Waals surface area contributed by atoms with E-state index in [-0.39, 0.29) is 24.6 Å². The lowest BCUT2D eigenvalue weighted by Gasteiger charge is -2.32. The van der Waals surface area contributed by atoms with Gasteiger partial charge in [0.25, 0.3) is 0 Å². The van der Waals surface area contributed by atoms with Crippen molar-refractivity contribution in [1.29, 1.82) is 0 Å². The highest BCUT2D eigenvalue weighted by atomic mass is 32.2. The van der Waals surface area contributed by atoms with Crippen LogP contribution in [0, 0.1) is 13.8 Å². The molecule has 6 nitrogen and oxygen atoms in total. The Kier molecular flexibility index (Phi) is 6.61. The first-order chi connectivity index (χ1) is 14.0. The molecular weight excluding hydrogens is 390 g/mol. The van der Waals surface area contributed by atoms with Crippen molar-refractivity contribution >= 4 is 29.4 Å². The van der Waals surface area contributed by atoms with Gasteiger partial charge in [0.2, 0.25) is 0 Å². The second kappa shape index (κ2) is 9.15. The zero-order chi connectivity index (χ0) is 21.0. The fraction of sp³-hybridized carbons (Fsp3) is 0.273. The van der Waals surface area contributed by atoms with Crippen LogP contribution in [0.5, 0.6) is 0 Å². The first-order valence-electron chi connectivity index (χ1n) is 9.05. The predicted molar refractivity (Wildman–Crippen MR) is 111 cm³/mol. The molecule has 0 aromatic heterocycles. The standard InChI is InChI=1S/C22H23NO5S/c1-14-9-10-18(15(2)11-14)29-19-8-6-5-7-17(19)23-13-28-12-16(21(24)26-3)20(23)22(25)27-4/h5-11H,12-13H2,1-4H3. The number of nitrogens with zero attached hydrogens (tertiary/aromatic N) is 1. The van der Waals surface area contributed by atoms with Crippen molar-refractivity contribution in [2.45, 2.75) is 23.6 Å². The van der Waals surface area contributed by atoms with E-state index in [1.54, 1.807) is 16.7 Å². The van der Waals surface area contributed by atoms with Crippen molar-refractivity contribution in [2.75, 3.05) is 32.5 Å². The molecule has 0 amide bonds. The smallest absolute Gasteiger partial charge is 0.355 e. The van der Waals surface area contributed by atoms with Crippen LogP contribution < -0.4 is 4.90 Å². The van der Waals surface area contributed by atoms with Crippen molar-refractivity contribution in [3.05, 3.63) is 64.9 Å². The highest BCUT2D eigenvalue weighted by Crippen LogP contribution is 2.39. The summed E-state index contributed by atoms with van der Waals surface area (Å²) in [7, 11) is 2.56. The summed E-state index contributed by atoms with van der Waals surface area (Å²) in [5.74, 6) is -1.23. The molecule has 0 saturated carbocycles. The first kappa shape index (κ1) is 21.0. The summed E-state index contributed by atoms with van der Waals surface area (Å²) in [5, 5.41) is 0. The molecule has 2 aromatic rings. The third-order valence-corrected chi connectivity index (χ3v) is 5.78. The van der Waals surface area contributed by atoms with E-state index in [2.05, 4.69) is 32.0 Å². The maximum atomic E-state index is 12.6. The molecule has 7 heteroatoms. The van der Waals surface area contributed by atoms with E-state index in [1.807, 2.05) is 24.3 Å². The van der Waals surface area contributed by atoms with Crippen molar-refractivity contribution in [3.63, 3.8) is 0 Å². The summed E-state index contributed by atoms with van der Waals surface area (Å²) in [6.45, 7) is 4.23. The third-order valence-electron chi connectivity index (χ3n) is 4.54. The highest BCUT2D eigenvalue weighted by Gasteiger charge is 2.33. The zero-order valence-corrected chi connectivity index (χ0v) is 17.7. The first-order valence-corrected chi connectivity index (χ1v) is 9.87. The minimum atomic E-state index is -0.616. The number of rotatable bonds is 5. The molecule has 0 unspecified atom stereocenters. The van der Waals surface area contributed by atoms with E-state index in [0.717, 1.165) is 15.5 Å². The van der Waals surface area contributed by atoms with E-state index in [1.165, 1.54) is 25.3 Å². The number of carbonyl (C=O) groups excluding carboxylic acids is 2. The maximum Gasteiger partial charge on any atom is 0.355 e. The number of benzene rings is 2. The predicted octanol–water partition coefficient (Wildman–Crippen LogP) is 3.85. The van der Waals surface area contributed by atoms with Gasteiger partial charge in [0.1, 0.15) is 12.4 Å². The third kappa shape index (κ3) is 4.46. The minimum Gasteiger partial charge on any atom is -0.466 e. The minimum absolute atomic E-state index is 0.0139. The summed E-state index contributed by atoms with van der Waals surface area (Å²) in [6, 6.07) is 13.9. The SMILES string of the molecule is COC(=O)C1=C(C(=O)OC)N(c2ccccc2Sc2ccc(C)cc2C)COC1. The normalized spacial score (nSPS) is 14.0. The quantitative estimate of drug-likeness (QED) is 0.690. The Morgan fingerprint density at radius 1 is 1.00 bits per heavy atom. The van der Waals surface area contributed by atoms with Crippen LogP contribution in [0.3, 0.4) is 0 Å². The van der Waals surface area contributed by atoms with Gasteiger partial charge >= 0.3 is 11.9 Å². The highest BCUT2D eigenvalue weighted by molar-refractivity contribution is 7.99.